The molecule has 26 heavy (non-hydrogen) atoms. The van der Waals surface area contributed by atoms with Crippen molar-refractivity contribution >= 4 is 32.7 Å². The number of halogens is 3. The van der Waals surface area contributed by atoms with Gasteiger partial charge in [0, 0.05) is 31.6 Å². The summed E-state index contributed by atoms with van der Waals surface area (Å²) in [6.07, 6.45) is -4.06. The summed E-state index contributed by atoms with van der Waals surface area (Å²) in [5, 5.41) is 0.378. The number of nitrogens with zero attached hydrogens (tertiary/aromatic N) is 2. The number of likely N-dealkylation sites (N-methyl/N-ethyl adjacent to an activating group) is 1. The Labute approximate surface area is 147 Å². The van der Waals surface area contributed by atoms with E-state index >= 15 is 0 Å². The quantitative estimate of drug-likeness (QED) is 0.739. The van der Waals surface area contributed by atoms with E-state index in [1.165, 1.54) is 12.3 Å². The molecule has 0 radical (unpaired) electrons. The third-order valence-electron chi connectivity index (χ3n) is 4.05. The Balaban J connectivity index is 2.01. The van der Waals surface area contributed by atoms with Crippen molar-refractivity contribution in [1.82, 2.24) is 4.90 Å². The molecular formula is C15H15F3N2O5S. The molecule has 1 aliphatic heterocycles. The fourth-order valence-corrected chi connectivity index (χ4v) is 3.58. The van der Waals surface area contributed by atoms with Crippen molar-refractivity contribution in [1.29, 1.82) is 0 Å². The highest BCUT2D eigenvalue weighted by Crippen LogP contribution is 2.33. The third kappa shape index (κ3) is 3.63. The molecule has 2 heterocycles. The van der Waals surface area contributed by atoms with Gasteiger partial charge in [-0.3, -0.25) is 0 Å². The van der Waals surface area contributed by atoms with Crippen LogP contribution in [0.15, 0.2) is 33.8 Å². The van der Waals surface area contributed by atoms with E-state index in [0.717, 1.165) is 25.2 Å². The Bertz CT molecular complexity index is 930. The third-order valence-corrected chi connectivity index (χ3v) is 5.24. The second-order valence-electron chi connectivity index (χ2n) is 5.89. The molecule has 1 fully saturated rings. The number of rotatable bonds is 3. The van der Waals surface area contributed by atoms with Crippen LogP contribution in [0.25, 0.3) is 11.0 Å². The van der Waals surface area contributed by atoms with E-state index in [2.05, 4.69) is 9.08 Å². The molecule has 2 aromatic rings. The predicted octanol–water partition coefficient (Wildman–Crippen LogP) is 1.98. The number of anilines is 1. The molecular weight excluding hydrogens is 377 g/mol. The summed E-state index contributed by atoms with van der Waals surface area (Å²) >= 11 is 0. The van der Waals surface area contributed by atoms with Crippen molar-refractivity contribution in [3.05, 3.63) is 24.5 Å². The maximum absolute atomic E-state index is 12.3. The van der Waals surface area contributed by atoms with Crippen LogP contribution in [-0.4, -0.2) is 58.7 Å². The Morgan fingerprint density at radius 1 is 1.19 bits per heavy atom. The van der Waals surface area contributed by atoms with Gasteiger partial charge in [-0.25, -0.2) is 4.79 Å². The van der Waals surface area contributed by atoms with Gasteiger partial charge in [0.25, 0.3) is 0 Å². The smallest absolute Gasteiger partial charge is 0.462 e. The lowest BCUT2D eigenvalue weighted by molar-refractivity contribution is -0.189. The minimum absolute atomic E-state index is 0.378. The van der Waals surface area contributed by atoms with Gasteiger partial charge in [-0.05, 0) is 25.2 Å². The highest BCUT2D eigenvalue weighted by Gasteiger charge is 2.44. The van der Waals surface area contributed by atoms with Crippen molar-refractivity contribution < 1.29 is 35.0 Å². The zero-order valence-corrected chi connectivity index (χ0v) is 14.4. The predicted molar refractivity (Wildman–Crippen MR) is 85.3 cm³/mol. The normalized spacial score (nSPS) is 16.8. The highest BCUT2D eigenvalue weighted by atomic mass is 32.2. The molecule has 0 aliphatic carbocycles. The number of carbonyl (C=O) groups excluding carboxylic acids is 1. The van der Waals surface area contributed by atoms with Gasteiger partial charge < -0.3 is 18.4 Å². The van der Waals surface area contributed by atoms with Crippen LogP contribution in [0.3, 0.4) is 0 Å². The summed E-state index contributed by atoms with van der Waals surface area (Å²) < 4.78 is 70.4. The lowest BCUT2D eigenvalue weighted by atomic mass is 10.2. The average Bonchev–Trinajstić information content (AvgIpc) is 3.02. The standard InChI is InChI=1S/C15H15F3N2O5S/c1-19-3-5-20(6-4-19)12-9-11(8-10-2-7-24-13(10)12)26(22,23)25-14(21)15(16,17)18/h2,7-9H,3-6H2,1H3. The highest BCUT2D eigenvalue weighted by molar-refractivity contribution is 7.87. The molecule has 1 aromatic carbocycles. The number of alkyl halides is 3. The van der Waals surface area contributed by atoms with Crippen molar-refractivity contribution in [3.63, 3.8) is 0 Å². The van der Waals surface area contributed by atoms with Crippen LogP contribution >= 0.6 is 0 Å². The van der Waals surface area contributed by atoms with Crippen molar-refractivity contribution in [3.8, 4) is 0 Å². The number of furan rings is 1. The fourth-order valence-electron chi connectivity index (χ4n) is 2.66. The molecule has 3 rings (SSSR count). The zero-order chi connectivity index (χ0) is 19.1. The first-order valence-electron chi connectivity index (χ1n) is 7.58. The average molecular weight is 392 g/mol. The van der Waals surface area contributed by atoms with Crippen molar-refractivity contribution in [2.75, 3.05) is 38.1 Å². The second-order valence-corrected chi connectivity index (χ2v) is 7.44. The molecule has 0 spiro atoms. The van der Waals surface area contributed by atoms with Crippen LogP contribution in [0.5, 0.6) is 0 Å². The maximum Gasteiger partial charge on any atom is 0.492 e. The monoisotopic (exact) mass is 392 g/mol. The van der Waals surface area contributed by atoms with Gasteiger partial charge in [-0.2, -0.15) is 21.6 Å². The molecule has 1 aliphatic rings. The van der Waals surface area contributed by atoms with E-state index in [1.807, 2.05) is 11.9 Å². The largest absolute Gasteiger partial charge is 0.492 e. The lowest BCUT2D eigenvalue weighted by Crippen LogP contribution is -2.44. The fraction of sp³-hybridized carbons (Fsp3) is 0.400. The molecule has 0 N–H and O–H groups in total. The minimum atomic E-state index is -5.41. The van der Waals surface area contributed by atoms with Crippen molar-refractivity contribution in [2.24, 2.45) is 0 Å². The van der Waals surface area contributed by atoms with Gasteiger partial charge in [0.05, 0.1) is 12.0 Å². The van der Waals surface area contributed by atoms with Gasteiger partial charge in [0.1, 0.15) is 4.90 Å². The molecule has 0 saturated carbocycles. The first-order valence-corrected chi connectivity index (χ1v) is 8.99. The Kier molecular flexibility index (Phi) is 4.61. The molecule has 0 bridgehead atoms. The molecule has 0 amide bonds. The Morgan fingerprint density at radius 2 is 1.85 bits per heavy atom. The molecule has 11 heteroatoms. The van der Waals surface area contributed by atoms with Crippen LogP contribution in [0.2, 0.25) is 0 Å². The Hall–Kier alpha value is -2.27. The lowest BCUT2D eigenvalue weighted by Gasteiger charge is -2.34. The van der Waals surface area contributed by atoms with E-state index < -0.39 is 27.2 Å². The number of carbonyl (C=O) groups is 1. The van der Waals surface area contributed by atoms with Crippen molar-refractivity contribution in [2.45, 2.75) is 11.1 Å². The summed E-state index contributed by atoms with van der Waals surface area (Å²) in [6.45, 7) is 2.61. The van der Waals surface area contributed by atoms with Gasteiger partial charge in [-0.15, -0.1) is 0 Å². The molecule has 142 valence electrons. The molecule has 7 nitrogen and oxygen atoms in total. The summed E-state index contributed by atoms with van der Waals surface area (Å²) in [6, 6.07) is 3.76. The molecule has 0 unspecified atom stereocenters. The summed E-state index contributed by atoms with van der Waals surface area (Å²) in [5.74, 6) is -2.79. The van der Waals surface area contributed by atoms with Gasteiger partial charge in [-0.1, -0.05) is 0 Å². The first kappa shape index (κ1) is 18.5. The van der Waals surface area contributed by atoms with Crippen LogP contribution < -0.4 is 4.90 Å². The van der Waals surface area contributed by atoms with Gasteiger partial charge in [0.15, 0.2) is 5.58 Å². The SMILES string of the molecule is CN1CCN(c2cc(S(=O)(=O)OC(=O)C(F)(F)F)cc3ccoc23)CC1. The Morgan fingerprint density at radius 3 is 2.46 bits per heavy atom. The van der Waals surface area contributed by atoms with E-state index in [0.29, 0.717) is 29.7 Å². The van der Waals surface area contributed by atoms with Gasteiger partial charge in [0.2, 0.25) is 0 Å². The van der Waals surface area contributed by atoms with Gasteiger partial charge >= 0.3 is 22.3 Å². The number of hydrogen-bond acceptors (Lipinski definition) is 7. The first-order chi connectivity index (χ1) is 12.1. The molecule has 1 saturated heterocycles. The molecule has 1 aromatic heterocycles. The van der Waals surface area contributed by atoms with Crippen LogP contribution in [0.4, 0.5) is 18.9 Å². The van der Waals surface area contributed by atoms with E-state index in [4.69, 9.17) is 4.42 Å². The minimum Gasteiger partial charge on any atom is -0.462 e. The van der Waals surface area contributed by atoms with E-state index in [-0.39, 0.29) is 0 Å². The van der Waals surface area contributed by atoms with E-state index in [9.17, 15) is 26.4 Å². The zero-order valence-electron chi connectivity index (χ0n) is 13.6. The van der Waals surface area contributed by atoms with Crippen LogP contribution in [0, 0.1) is 0 Å². The summed E-state index contributed by atoms with van der Waals surface area (Å²) in [4.78, 5) is 14.3. The summed E-state index contributed by atoms with van der Waals surface area (Å²) in [7, 11) is -2.99. The second kappa shape index (κ2) is 6.47. The number of piperazine rings is 1. The number of benzene rings is 1. The maximum atomic E-state index is 12.3. The van der Waals surface area contributed by atoms with Crippen LogP contribution in [0.1, 0.15) is 0 Å². The molecule has 0 atom stereocenters. The van der Waals surface area contributed by atoms with E-state index in [1.54, 1.807) is 0 Å². The van der Waals surface area contributed by atoms with Crippen LogP contribution in [-0.2, 0) is 19.1 Å². The number of hydrogen-bond donors (Lipinski definition) is 0. The number of fused-ring (bicyclic) bond motifs is 1. The summed E-state index contributed by atoms with van der Waals surface area (Å²) in [5.41, 5.74) is 0.831. The topological polar surface area (TPSA) is 80.1 Å².